The first kappa shape index (κ1) is 15.8. The van der Waals surface area contributed by atoms with E-state index in [1.165, 1.54) is 0 Å². The Kier molecular flexibility index (Phi) is 4.00. The maximum atomic E-state index is 12.6. The second-order valence-electron chi connectivity index (χ2n) is 6.68. The van der Waals surface area contributed by atoms with Gasteiger partial charge in [-0.3, -0.25) is 9.59 Å². The van der Waals surface area contributed by atoms with Crippen molar-refractivity contribution >= 4 is 17.8 Å². The lowest BCUT2D eigenvalue weighted by molar-refractivity contribution is -0.116. The number of rotatable bonds is 3. The molecule has 0 bridgehead atoms. The van der Waals surface area contributed by atoms with E-state index in [-0.39, 0.29) is 11.7 Å². The summed E-state index contributed by atoms with van der Waals surface area (Å²) in [5, 5.41) is 13.9. The minimum Gasteiger partial charge on any atom is -0.509 e. The summed E-state index contributed by atoms with van der Waals surface area (Å²) >= 11 is 0. The normalized spacial score (nSPS) is 20.0. The molecule has 0 radical (unpaired) electrons. The molecule has 0 aromatic heterocycles. The highest BCUT2D eigenvalue weighted by Gasteiger charge is 2.47. The third kappa shape index (κ3) is 2.46. The molecule has 122 valence electrons. The number of aldehydes is 1. The number of aliphatic hydroxyl groups is 1. The van der Waals surface area contributed by atoms with Gasteiger partial charge in [-0.2, -0.15) is 0 Å². The predicted octanol–water partition coefficient (Wildman–Crippen LogP) is 3.47. The van der Waals surface area contributed by atoms with E-state index < -0.39 is 5.54 Å². The van der Waals surface area contributed by atoms with Gasteiger partial charge in [0.25, 0.3) is 5.91 Å². The first-order valence-corrected chi connectivity index (χ1v) is 8.37. The van der Waals surface area contributed by atoms with Gasteiger partial charge < -0.3 is 10.4 Å². The zero-order valence-corrected chi connectivity index (χ0v) is 13.7. The molecular formula is C19H23NO3. The van der Waals surface area contributed by atoms with E-state index in [0.29, 0.717) is 23.1 Å². The van der Waals surface area contributed by atoms with Gasteiger partial charge in [-0.1, -0.05) is 37.8 Å². The van der Waals surface area contributed by atoms with E-state index in [9.17, 15) is 14.7 Å². The minimum absolute atomic E-state index is 0.129. The number of hydrogen-bond acceptors (Lipinski definition) is 3. The third-order valence-corrected chi connectivity index (χ3v) is 5.13. The van der Waals surface area contributed by atoms with Gasteiger partial charge in [0.15, 0.2) is 6.29 Å². The van der Waals surface area contributed by atoms with Gasteiger partial charge >= 0.3 is 0 Å². The lowest BCUT2D eigenvalue weighted by Gasteiger charge is -2.33. The van der Waals surface area contributed by atoms with Crippen LogP contribution in [0.4, 0.5) is 0 Å². The van der Waals surface area contributed by atoms with Crippen molar-refractivity contribution < 1.29 is 14.7 Å². The topological polar surface area (TPSA) is 66.4 Å². The Morgan fingerprint density at radius 2 is 1.96 bits per heavy atom. The van der Waals surface area contributed by atoms with Gasteiger partial charge in [0.05, 0.1) is 11.1 Å². The van der Waals surface area contributed by atoms with Crippen molar-refractivity contribution in [2.75, 3.05) is 0 Å². The Morgan fingerprint density at radius 3 is 2.57 bits per heavy atom. The van der Waals surface area contributed by atoms with Crippen molar-refractivity contribution in [3.63, 3.8) is 0 Å². The van der Waals surface area contributed by atoms with Crippen LogP contribution in [-0.4, -0.2) is 22.8 Å². The van der Waals surface area contributed by atoms with Gasteiger partial charge in [0.1, 0.15) is 5.76 Å². The van der Waals surface area contributed by atoms with E-state index in [2.05, 4.69) is 5.32 Å². The summed E-state index contributed by atoms with van der Waals surface area (Å²) in [6, 6.07) is 3.77. The molecule has 1 heterocycles. The van der Waals surface area contributed by atoms with Crippen LogP contribution in [0.1, 0.15) is 66.1 Å². The molecule has 1 aromatic carbocycles. The molecule has 1 spiro atoms. The zero-order chi connectivity index (χ0) is 16.6. The van der Waals surface area contributed by atoms with Crippen molar-refractivity contribution in [3.05, 3.63) is 40.1 Å². The molecular weight excluding hydrogens is 290 g/mol. The van der Waals surface area contributed by atoms with Gasteiger partial charge in [0, 0.05) is 11.1 Å². The molecule has 1 saturated carbocycles. The van der Waals surface area contributed by atoms with Crippen molar-refractivity contribution in [2.24, 2.45) is 0 Å². The summed E-state index contributed by atoms with van der Waals surface area (Å²) in [7, 11) is 0. The second kappa shape index (κ2) is 5.84. The monoisotopic (exact) mass is 313 g/mol. The lowest BCUT2D eigenvalue weighted by Crippen LogP contribution is -2.46. The number of carbonyl (C=O) groups is 2. The van der Waals surface area contributed by atoms with E-state index in [0.717, 1.165) is 49.5 Å². The molecule has 3 rings (SSSR count). The summed E-state index contributed by atoms with van der Waals surface area (Å²) in [6.45, 7) is 3.93. The van der Waals surface area contributed by atoms with E-state index in [1.54, 1.807) is 6.07 Å². The van der Waals surface area contributed by atoms with Crippen LogP contribution in [0, 0.1) is 6.92 Å². The fourth-order valence-corrected chi connectivity index (χ4v) is 4.00. The number of amides is 1. The molecule has 23 heavy (non-hydrogen) atoms. The molecule has 2 aliphatic rings. The molecule has 0 atom stereocenters. The molecule has 1 aromatic rings. The fraction of sp³-hybridized carbons (Fsp3) is 0.474. The minimum atomic E-state index is -0.624. The van der Waals surface area contributed by atoms with Crippen molar-refractivity contribution in [1.29, 1.82) is 0 Å². The summed E-state index contributed by atoms with van der Waals surface area (Å²) < 4.78 is 0. The Labute approximate surface area is 136 Å². The van der Waals surface area contributed by atoms with Crippen LogP contribution in [0.25, 0.3) is 5.57 Å². The predicted molar refractivity (Wildman–Crippen MR) is 89.5 cm³/mol. The number of aryl methyl sites for hydroxylation is 2. The van der Waals surface area contributed by atoms with Crippen molar-refractivity contribution in [2.45, 2.75) is 57.9 Å². The zero-order valence-electron chi connectivity index (χ0n) is 13.7. The van der Waals surface area contributed by atoms with Crippen LogP contribution in [0.3, 0.4) is 0 Å². The number of benzene rings is 1. The van der Waals surface area contributed by atoms with Gasteiger partial charge in [-0.05, 0) is 37.8 Å². The van der Waals surface area contributed by atoms with Crippen LogP contribution in [0.5, 0.6) is 0 Å². The molecule has 1 aliphatic carbocycles. The summed E-state index contributed by atoms with van der Waals surface area (Å²) in [5.74, 6) is -0.130. The average molecular weight is 313 g/mol. The summed E-state index contributed by atoms with van der Waals surface area (Å²) in [6.07, 6.45) is 6.12. The number of hydrogen-bond donors (Lipinski definition) is 2. The molecule has 0 saturated heterocycles. The highest BCUT2D eigenvalue weighted by Crippen LogP contribution is 2.42. The molecule has 0 unspecified atom stereocenters. The van der Waals surface area contributed by atoms with Gasteiger partial charge in [-0.15, -0.1) is 0 Å². The second-order valence-corrected chi connectivity index (χ2v) is 6.68. The summed E-state index contributed by atoms with van der Waals surface area (Å²) in [4.78, 5) is 24.2. The third-order valence-electron chi connectivity index (χ3n) is 5.13. The van der Waals surface area contributed by atoms with Gasteiger partial charge in [-0.25, -0.2) is 0 Å². The van der Waals surface area contributed by atoms with Crippen LogP contribution in [-0.2, 0) is 11.2 Å². The quantitative estimate of drug-likeness (QED) is 0.840. The number of nitrogens with one attached hydrogen (secondary N) is 1. The molecule has 4 heteroatoms. The first-order valence-electron chi connectivity index (χ1n) is 8.37. The number of carbonyl (C=O) groups excluding carboxylic acids is 2. The maximum Gasteiger partial charge on any atom is 0.256 e. The Bertz CT molecular complexity index is 697. The molecule has 2 N–H and O–H groups in total. The molecule has 1 fully saturated rings. The van der Waals surface area contributed by atoms with E-state index in [1.807, 2.05) is 19.9 Å². The first-order chi connectivity index (χ1) is 11.0. The van der Waals surface area contributed by atoms with Crippen molar-refractivity contribution in [1.82, 2.24) is 5.32 Å². The lowest BCUT2D eigenvalue weighted by atomic mass is 9.80. The van der Waals surface area contributed by atoms with Crippen LogP contribution >= 0.6 is 0 Å². The molecule has 4 nitrogen and oxygen atoms in total. The largest absolute Gasteiger partial charge is 0.509 e. The Hall–Kier alpha value is -2.10. The van der Waals surface area contributed by atoms with E-state index >= 15 is 0 Å². The maximum absolute atomic E-state index is 12.6. The fourth-order valence-electron chi connectivity index (χ4n) is 4.00. The number of aliphatic hydroxyl groups excluding tert-OH is 1. The molecule has 1 amide bonds. The average Bonchev–Trinajstić information content (AvgIpc) is 2.78. The smallest absolute Gasteiger partial charge is 0.256 e. The molecule has 1 aliphatic heterocycles. The van der Waals surface area contributed by atoms with Crippen molar-refractivity contribution in [3.8, 4) is 0 Å². The highest BCUT2D eigenvalue weighted by atomic mass is 16.3. The SMILES string of the molecule is CCc1cc(C)cc(C=O)c1C1=C(O)C2(CCCCC2)NC1=O. The Balaban J connectivity index is 2.21. The standard InChI is InChI=1S/C19H23NO3/c1-3-13-9-12(2)10-14(11-21)15(13)16-17(22)19(20-18(16)23)7-5-4-6-8-19/h9-11,22H,3-8H2,1-2H3,(H,20,23). The summed E-state index contributed by atoms with van der Waals surface area (Å²) in [5.41, 5.74) is 2.67. The highest BCUT2D eigenvalue weighted by molar-refractivity contribution is 6.25. The Morgan fingerprint density at radius 1 is 1.26 bits per heavy atom. The van der Waals surface area contributed by atoms with Gasteiger partial charge in [0.2, 0.25) is 0 Å². The van der Waals surface area contributed by atoms with Crippen LogP contribution in [0.15, 0.2) is 17.9 Å². The van der Waals surface area contributed by atoms with Crippen LogP contribution in [0.2, 0.25) is 0 Å². The van der Waals surface area contributed by atoms with Crippen LogP contribution < -0.4 is 5.32 Å². The van der Waals surface area contributed by atoms with E-state index in [4.69, 9.17) is 0 Å².